The number of nitrogens with zero attached hydrogens (tertiary/aromatic N) is 1. The van der Waals surface area contributed by atoms with Crippen molar-refractivity contribution in [3.05, 3.63) is 87.9 Å². The van der Waals surface area contributed by atoms with E-state index in [-0.39, 0.29) is 11.4 Å². The van der Waals surface area contributed by atoms with Gasteiger partial charge >= 0.3 is 0 Å². The third-order valence-corrected chi connectivity index (χ3v) is 7.33. The lowest BCUT2D eigenvalue weighted by Crippen LogP contribution is -2.37. The zero-order valence-corrected chi connectivity index (χ0v) is 20.5. The van der Waals surface area contributed by atoms with Crippen LogP contribution in [0.3, 0.4) is 0 Å². The minimum atomic E-state index is -3.98. The van der Waals surface area contributed by atoms with E-state index in [2.05, 4.69) is 5.32 Å². The third kappa shape index (κ3) is 6.48. The van der Waals surface area contributed by atoms with Gasteiger partial charge in [-0.15, -0.1) is 0 Å². The summed E-state index contributed by atoms with van der Waals surface area (Å²) in [6, 6.07) is 18.3. The molecule has 9 heteroatoms. The van der Waals surface area contributed by atoms with Gasteiger partial charge in [-0.2, -0.15) is 4.31 Å². The Morgan fingerprint density at radius 2 is 1.70 bits per heavy atom. The number of halogens is 2. The molecule has 174 valence electrons. The van der Waals surface area contributed by atoms with Gasteiger partial charge in [0, 0.05) is 6.54 Å². The van der Waals surface area contributed by atoms with Gasteiger partial charge in [0.1, 0.15) is 5.75 Å². The van der Waals surface area contributed by atoms with Crippen LogP contribution in [0.2, 0.25) is 10.0 Å². The van der Waals surface area contributed by atoms with Crippen LogP contribution in [0.1, 0.15) is 18.1 Å². The van der Waals surface area contributed by atoms with Gasteiger partial charge in [-0.1, -0.05) is 59.1 Å². The van der Waals surface area contributed by atoms with Crippen LogP contribution in [-0.2, 0) is 21.4 Å². The molecular weight excluding hydrogens is 483 g/mol. The lowest BCUT2D eigenvalue weighted by molar-refractivity contribution is -0.116. The van der Waals surface area contributed by atoms with Crippen molar-refractivity contribution in [3.8, 4) is 5.75 Å². The second-order valence-electron chi connectivity index (χ2n) is 7.31. The standard InChI is InChI=1S/C24H24Cl2N2O4S/c1-3-32-23-7-5-4-6-22(23)27-24(29)16-28(15-18-10-13-20(25)21(26)14-18)33(30,31)19-11-8-17(2)9-12-19/h4-14H,3,15-16H2,1-2H3,(H,27,29). The second-order valence-corrected chi connectivity index (χ2v) is 10.1. The number of para-hydroxylation sites is 2. The van der Waals surface area contributed by atoms with Crippen molar-refractivity contribution >= 4 is 44.8 Å². The molecule has 0 radical (unpaired) electrons. The minimum Gasteiger partial charge on any atom is -0.492 e. The number of hydrogen-bond acceptors (Lipinski definition) is 4. The van der Waals surface area contributed by atoms with Crippen LogP contribution in [0.15, 0.2) is 71.6 Å². The molecule has 1 amide bonds. The van der Waals surface area contributed by atoms with Gasteiger partial charge in [-0.05, 0) is 55.8 Å². The Kier molecular flexibility index (Phi) is 8.37. The maximum atomic E-state index is 13.4. The van der Waals surface area contributed by atoms with E-state index >= 15 is 0 Å². The molecule has 1 N–H and O–H groups in total. The Morgan fingerprint density at radius 3 is 2.36 bits per heavy atom. The number of benzene rings is 3. The number of carbonyl (C=O) groups excluding carboxylic acids is 1. The van der Waals surface area contributed by atoms with Crippen molar-refractivity contribution in [2.24, 2.45) is 0 Å². The van der Waals surface area contributed by atoms with Gasteiger partial charge in [0.2, 0.25) is 15.9 Å². The van der Waals surface area contributed by atoms with Crippen LogP contribution in [0, 0.1) is 6.92 Å². The average molecular weight is 507 g/mol. The fourth-order valence-electron chi connectivity index (χ4n) is 3.13. The molecular formula is C24H24Cl2N2O4S. The first-order valence-corrected chi connectivity index (χ1v) is 12.4. The zero-order chi connectivity index (χ0) is 24.0. The third-order valence-electron chi connectivity index (χ3n) is 4.78. The molecule has 3 aromatic carbocycles. The first kappa shape index (κ1) is 25.1. The first-order chi connectivity index (χ1) is 15.7. The summed E-state index contributed by atoms with van der Waals surface area (Å²) in [4.78, 5) is 13.0. The number of nitrogens with one attached hydrogen (secondary N) is 1. The van der Waals surface area contributed by atoms with Crippen LogP contribution in [0.5, 0.6) is 5.75 Å². The summed E-state index contributed by atoms with van der Waals surface area (Å²) in [7, 11) is -3.98. The number of rotatable bonds is 9. The number of anilines is 1. The SMILES string of the molecule is CCOc1ccccc1NC(=O)CN(Cc1ccc(Cl)c(Cl)c1)S(=O)(=O)c1ccc(C)cc1. The predicted molar refractivity (Wildman–Crippen MR) is 131 cm³/mol. The number of hydrogen-bond donors (Lipinski definition) is 1. The summed E-state index contributed by atoms with van der Waals surface area (Å²) < 4.78 is 33.5. The van der Waals surface area contributed by atoms with Crippen molar-refractivity contribution in [2.75, 3.05) is 18.5 Å². The summed E-state index contributed by atoms with van der Waals surface area (Å²) in [5.74, 6) is 0.00340. The number of carbonyl (C=O) groups is 1. The molecule has 0 saturated carbocycles. The highest BCUT2D eigenvalue weighted by Gasteiger charge is 2.27. The van der Waals surface area contributed by atoms with Gasteiger partial charge < -0.3 is 10.1 Å². The molecule has 0 spiro atoms. The minimum absolute atomic E-state index is 0.0619. The largest absolute Gasteiger partial charge is 0.492 e. The molecule has 0 aliphatic rings. The van der Waals surface area contributed by atoms with Crippen molar-refractivity contribution in [2.45, 2.75) is 25.3 Å². The van der Waals surface area contributed by atoms with Crippen LogP contribution in [0.25, 0.3) is 0 Å². The van der Waals surface area contributed by atoms with E-state index in [4.69, 9.17) is 27.9 Å². The van der Waals surface area contributed by atoms with E-state index in [9.17, 15) is 13.2 Å². The molecule has 0 aliphatic carbocycles. The highest BCUT2D eigenvalue weighted by atomic mass is 35.5. The number of ether oxygens (including phenoxy) is 1. The van der Waals surface area contributed by atoms with Gasteiger partial charge in [0.05, 0.1) is 33.8 Å². The van der Waals surface area contributed by atoms with Crippen molar-refractivity contribution in [3.63, 3.8) is 0 Å². The molecule has 3 rings (SSSR count). The van der Waals surface area contributed by atoms with E-state index in [0.717, 1.165) is 9.87 Å². The maximum Gasteiger partial charge on any atom is 0.243 e. The molecule has 33 heavy (non-hydrogen) atoms. The van der Waals surface area contributed by atoms with Crippen LogP contribution < -0.4 is 10.1 Å². The lowest BCUT2D eigenvalue weighted by atomic mass is 10.2. The summed E-state index contributed by atoms with van der Waals surface area (Å²) in [6.45, 7) is 3.67. The number of amides is 1. The molecule has 0 aromatic heterocycles. The monoisotopic (exact) mass is 506 g/mol. The molecule has 0 atom stereocenters. The van der Waals surface area contributed by atoms with E-state index in [1.165, 1.54) is 12.1 Å². The second kappa shape index (κ2) is 11.0. The van der Waals surface area contributed by atoms with Gasteiger partial charge in [-0.25, -0.2) is 8.42 Å². The van der Waals surface area contributed by atoms with Crippen molar-refractivity contribution in [1.29, 1.82) is 0 Å². The number of aryl methyl sites for hydroxylation is 1. The molecule has 0 fully saturated rings. The molecule has 6 nitrogen and oxygen atoms in total. The Balaban J connectivity index is 1.90. The summed E-state index contributed by atoms with van der Waals surface area (Å²) >= 11 is 12.1. The molecule has 0 saturated heterocycles. The van der Waals surface area contributed by atoms with Crippen LogP contribution >= 0.6 is 23.2 Å². The lowest BCUT2D eigenvalue weighted by Gasteiger charge is -2.22. The molecule has 3 aromatic rings. The summed E-state index contributed by atoms with van der Waals surface area (Å²) in [6.07, 6.45) is 0. The van der Waals surface area contributed by atoms with Crippen LogP contribution in [0.4, 0.5) is 5.69 Å². The number of sulfonamides is 1. The zero-order valence-electron chi connectivity index (χ0n) is 18.2. The van der Waals surface area contributed by atoms with E-state index < -0.39 is 22.5 Å². The Hall–Kier alpha value is -2.58. The van der Waals surface area contributed by atoms with Crippen molar-refractivity contribution < 1.29 is 17.9 Å². The summed E-state index contributed by atoms with van der Waals surface area (Å²) in [5.41, 5.74) is 1.99. The quantitative estimate of drug-likeness (QED) is 0.413. The van der Waals surface area contributed by atoms with Crippen LogP contribution in [-0.4, -0.2) is 31.8 Å². The van der Waals surface area contributed by atoms with Gasteiger partial charge in [0.25, 0.3) is 0 Å². The fourth-order valence-corrected chi connectivity index (χ4v) is 4.83. The van der Waals surface area contributed by atoms with Crippen molar-refractivity contribution in [1.82, 2.24) is 4.31 Å². The van der Waals surface area contributed by atoms with E-state index in [1.807, 2.05) is 13.8 Å². The van der Waals surface area contributed by atoms with Gasteiger partial charge in [-0.3, -0.25) is 4.79 Å². The molecule has 0 unspecified atom stereocenters. The highest BCUT2D eigenvalue weighted by molar-refractivity contribution is 7.89. The smallest absolute Gasteiger partial charge is 0.243 e. The topological polar surface area (TPSA) is 75.7 Å². The Morgan fingerprint density at radius 1 is 1.00 bits per heavy atom. The van der Waals surface area contributed by atoms with E-state index in [0.29, 0.717) is 33.7 Å². The first-order valence-electron chi connectivity index (χ1n) is 10.2. The normalized spacial score (nSPS) is 11.4. The highest BCUT2D eigenvalue weighted by Crippen LogP contribution is 2.26. The Bertz CT molecular complexity index is 1230. The molecule has 0 aliphatic heterocycles. The molecule has 0 bridgehead atoms. The Labute approximate surface area is 204 Å². The van der Waals surface area contributed by atoms with Gasteiger partial charge in [0.15, 0.2) is 0 Å². The fraction of sp³-hybridized carbons (Fsp3) is 0.208. The molecule has 0 heterocycles. The summed E-state index contributed by atoms with van der Waals surface area (Å²) in [5, 5.41) is 3.41. The van der Waals surface area contributed by atoms with E-state index in [1.54, 1.807) is 54.6 Å². The maximum absolute atomic E-state index is 13.4. The average Bonchev–Trinajstić information content (AvgIpc) is 2.77. The predicted octanol–water partition coefficient (Wildman–Crippen LogP) is 5.53.